The number of rotatable bonds is 3. The van der Waals surface area contributed by atoms with Crippen LogP contribution in [0.15, 0.2) is 23.1 Å². The Kier molecular flexibility index (Phi) is 4.47. The maximum absolute atomic E-state index is 11.9. The molecule has 5 heteroatoms. The van der Waals surface area contributed by atoms with Crippen molar-refractivity contribution in [2.24, 2.45) is 11.8 Å². The molecule has 1 saturated carbocycles. The van der Waals surface area contributed by atoms with Crippen molar-refractivity contribution < 1.29 is 9.53 Å². The van der Waals surface area contributed by atoms with Crippen LogP contribution >= 0.6 is 0 Å². The zero-order valence-corrected chi connectivity index (χ0v) is 12.0. The SMILES string of the molecule is CC1CC(C)CC(OC(=O)Cn2cc(N)ccc2=O)C1. The molecule has 0 amide bonds. The van der Waals surface area contributed by atoms with Crippen LogP contribution in [0.3, 0.4) is 0 Å². The van der Waals surface area contributed by atoms with Gasteiger partial charge in [-0.1, -0.05) is 13.8 Å². The van der Waals surface area contributed by atoms with Crippen molar-refractivity contribution in [2.75, 3.05) is 5.73 Å². The lowest BCUT2D eigenvalue weighted by molar-refractivity contribution is -0.152. The molecule has 0 radical (unpaired) electrons. The van der Waals surface area contributed by atoms with Gasteiger partial charge in [-0.2, -0.15) is 0 Å². The van der Waals surface area contributed by atoms with E-state index in [1.165, 1.54) is 29.3 Å². The molecule has 2 unspecified atom stereocenters. The number of pyridine rings is 1. The van der Waals surface area contributed by atoms with Crippen LogP contribution in [-0.4, -0.2) is 16.6 Å². The number of aromatic nitrogens is 1. The summed E-state index contributed by atoms with van der Waals surface area (Å²) in [6.07, 6.45) is 4.43. The van der Waals surface area contributed by atoms with Crippen LogP contribution in [0.1, 0.15) is 33.1 Å². The highest BCUT2D eigenvalue weighted by molar-refractivity contribution is 5.69. The van der Waals surface area contributed by atoms with E-state index in [2.05, 4.69) is 13.8 Å². The molecule has 1 aromatic heterocycles. The molecule has 1 fully saturated rings. The normalized spacial score (nSPS) is 26.2. The predicted octanol–water partition coefficient (Wildman–Crippen LogP) is 1.80. The summed E-state index contributed by atoms with van der Waals surface area (Å²) >= 11 is 0. The molecular formula is C15H22N2O3. The summed E-state index contributed by atoms with van der Waals surface area (Å²) in [7, 11) is 0. The highest BCUT2D eigenvalue weighted by Crippen LogP contribution is 2.30. The van der Waals surface area contributed by atoms with Crippen molar-refractivity contribution in [3.8, 4) is 0 Å². The van der Waals surface area contributed by atoms with E-state index >= 15 is 0 Å². The van der Waals surface area contributed by atoms with E-state index in [-0.39, 0.29) is 24.2 Å². The van der Waals surface area contributed by atoms with Gasteiger partial charge in [0.1, 0.15) is 12.6 Å². The zero-order chi connectivity index (χ0) is 14.7. The van der Waals surface area contributed by atoms with Crippen molar-refractivity contribution >= 4 is 11.7 Å². The number of hydrogen-bond acceptors (Lipinski definition) is 4. The Morgan fingerprint density at radius 2 is 1.95 bits per heavy atom. The summed E-state index contributed by atoms with van der Waals surface area (Å²) in [4.78, 5) is 23.5. The van der Waals surface area contributed by atoms with Gasteiger partial charge in [-0.05, 0) is 37.2 Å². The Labute approximate surface area is 118 Å². The summed E-state index contributed by atoms with van der Waals surface area (Å²) in [5.41, 5.74) is 5.82. The summed E-state index contributed by atoms with van der Waals surface area (Å²) in [6, 6.07) is 2.88. The van der Waals surface area contributed by atoms with Gasteiger partial charge < -0.3 is 15.0 Å². The number of anilines is 1. The molecule has 1 aromatic rings. The molecule has 110 valence electrons. The first kappa shape index (κ1) is 14.6. The van der Waals surface area contributed by atoms with Gasteiger partial charge in [-0.25, -0.2) is 0 Å². The fraction of sp³-hybridized carbons (Fsp3) is 0.600. The minimum atomic E-state index is -0.371. The first-order valence-corrected chi connectivity index (χ1v) is 7.09. The smallest absolute Gasteiger partial charge is 0.326 e. The van der Waals surface area contributed by atoms with E-state index in [9.17, 15) is 9.59 Å². The van der Waals surface area contributed by atoms with E-state index < -0.39 is 0 Å². The monoisotopic (exact) mass is 278 g/mol. The van der Waals surface area contributed by atoms with Crippen LogP contribution < -0.4 is 11.3 Å². The van der Waals surface area contributed by atoms with Crippen molar-refractivity contribution in [1.82, 2.24) is 4.57 Å². The number of nitrogen functional groups attached to an aromatic ring is 1. The summed E-state index contributed by atoms with van der Waals surface area (Å²) < 4.78 is 6.78. The van der Waals surface area contributed by atoms with Gasteiger partial charge in [-0.15, -0.1) is 0 Å². The van der Waals surface area contributed by atoms with Crippen LogP contribution in [0.5, 0.6) is 0 Å². The van der Waals surface area contributed by atoms with Gasteiger partial charge in [0.15, 0.2) is 0 Å². The van der Waals surface area contributed by atoms with E-state index in [0.29, 0.717) is 17.5 Å². The lowest BCUT2D eigenvalue weighted by Crippen LogP contribution is -2.31. The number of nitrogens with two attached hydrogens (primary N) is 1. The molecule has 5 nitrogen and oxygen atoms in total. The molecule has 0 bridgehead atoms. The van der Waals surface area contributed by atoms with E-state index in [0.717, 1.165) is 12.8 Å². The summed E-state index contributed by atoms with van der Waals surface area (Å²) in [6.45, 7) is 4.28. The molecule has 20 heavy (non-hydrogen) atoms. The van der Waals surface area contributed by atoms with Crippen molar-refractivity contribution in [3.05, 3.63) is 28.7 Å². The lowest BCUT2D eigenvalue weighted by atomic mass is 9.82. The van der Waals surface area contributed by atoms with E-state index in [4.69, 9.17) is 10.5 Å². The molecule has 2 rings (SSSR count). The topological polar surface area (TPSA) is 74.3 Å². The standard InChI is InChI=1S/C15H22N2O3/c1-10-5-11(2)7-13(6-10)20-15(19)9-17-8-12(16)3-4-14(17)18/h3-4,8,10-11,13H,5-7,9,16H2,1-2H3. The molecular weight excluding hydrogens is 256 g/mol. The van der Waals surface area contributed by atoms with Gasteiger partial charge in [0.25, 0.3) is 5.56 Å². The third kappa shape index (κ3) is 3.85. The van der Waals surface area contributed by atoms with Gasteiger partial charge >= 0.3 is 5.97 Å². The Balaban J connectivity index is 1.95. The van der Waals surface area contributed by atoms with E-state index in [1.807, 2.05) is 0 Å². The largest absolute Gasteiger partial charge is 0.461 e. The molecule has 0 aromatic carbocycles. The van der Waals surface area contributed by atoms with Crippen LogP contribution in [0.2, 0.25) is 0 Å². The molecule has 1 aliphatic carbocycles. The Morgan fingerprint density at radius 3 is 2.60 bits per heavy atom. The lowest BCUT2D eigenvalue weighted by Gasteiger charge is -2.31. The first-order valence-electron chi connectivity index (χ1n) is 7.09. The van der Waals surface area contributed by atoms with Crippen molar-refractivity contribution in [2.45, 2.75) is 45.8 Å². The van der Waals surface area contributed by atoms with Crippen molar-refractivity contribution in [3.63, 3.8) is 0 Å². The Hall–Kier alpha value is -1.78. The number of esters is 1. The summed E-state index contributed by atoms with van der Waals surface area (Å²) in [5.74, 6) is 0.780. The molecule has 1 heterocycles. The highest BCUT2D eigenvalue weighted by Gasteiger charge is 2.26. The van der Waals surface area contributed by atoms with Gasteiger partial charge in [-0.3, -0.25) is 9.59 Å². The van der Waals surface area contributed by atoms with Crippen molar-refractivity contribution in [1.29, 1.82) is 0 Å². The highest BCUT2D eigenvalue weighted by atomic mass is 16.5. The number of nitrogens with zero attached hydrogens (tertiary/aromatic N) is 1. The third-order valence-corrected chi connectivity index (χ3v) is 3.74. The maximum Gasteiger partial charge on any atom is 0.326 e. The zero-order valence-electron chi connectivity index (χ0n) is 12.0. The third-order valence-electron chi connectivity index (χ3n) is 3.74. The number of carbonyl (C=O) groups excluding carboxylic acids is 1. The Bertz CT molecular complexity index is 528. The average Bonchev–Trinajstić information content (AvgIpc) is 2.32. The molecule has 1 aliphatic rings. The van der Waals surface area contributed by atoms with Crippen LogP contribution in [-0.2, 0) is 16.1 Å². The van der Waals surface area contributed by atoms with Crippen LogP contribution in [0.4, 0.5) is 5.69 Å². The molecule has 0 saturated heterocycles. The summed E-state index contributed by atoms with van der Waals surface area (Å²) in [5, 5.41) is 0. The van der Waals surface area contributed by atoms with Crippen LogP contribution in [0, 0.1) is 11.8 Å². The molecule has 2 N–H and O–H groups in total. The molecule has 0 aliphatic heterocycles. The van der Waals surface area contributed by atoms with Gasteiger partial charge in [0, 0.05) is 18.0 Å². The van der Waals surface area contributed by atoms with E-state index in [1.54, 1.807) is 0 Å². The number of carbonyl (C=O) groups is 1. The fourth-order valence-electron chi connectivity index (χ4n) is 3.01. The number of ether oxygens (including phenoxy) is 1. The predicted molar refractivity (Wildman–Crippen MR) is 77.2 cm³/mol. The quantitative estimate of drug-likeness (QED) is 0.855. The molecule has 0 spiro atoms. The molecule has 2 atom stereocenters. The second-order valence-corrected chi connectivity index (χ2v) is 5.96. The minimum Gasteiger partial charge on any atom is -0.461 e. The van der Waals surface area contributed by atoms with Crippen LogP contribution in [0.25, 0.3) is 0 Å². The minimum absolute atomic E-state index is 0.0296. The Morgan fingerprint density at radius 1 is 1.30 bits per heavy atom. The second-order valence-electron chi connectivity index (χ2n) is 5.96. The number of hydrogen-bond donors (Lipinski definition) is 1. The van der Waals surface area contributed by atoms with Gasteiger partial charge in [0.05, 0.1) is 0 Å². The van der Waals surface area contributed by atoms with Gasteiger partial charge in [0.2, 0.25) is 0 Å². The fourth-order valence-corrected chi connectivity index (χ4v) is 3.01. The maximum atomic E-state index is 11.9. The average molecular weight is 278 g/mol. The second kappa shape index (κ2) is 6.11. The first-order chi connectivity index (χ1) is 9.44.